The Morgan fingerprint density at radius 2 is 1.70 bits per heavy atom. The number of benzene rings is 2. The third-order valence-corrected chi connectivity index (χ3v) is 6.99. The minimum absolute atomic E-state index is 0.0394. The summed E-state index contributed by atoms with van der Waals surface area (Å²) >= 11 is 0. The van der Waals surface area contributed by atoms with E-state index in [1.165, 1.54) is 44.2 Å². The van der Waals surface area contributed by atoms with Gasteiger partial charge in [-0.05, 0) is 54.2 Å². The van der Waals surface area contributed by atoms with Crippen molar-refractivity contribution < 1.29 is 18.0 Å². The highest BCUT2D eigenvalue weighted by atomic mass is 32.2. The van der Waals surface area contributed by atoms with Crippen LogP contribution >= 0.6 is 0 Å². The molecule has 1 aliphatic carbocycles. The van der Waals surface area contributed by atoms with Crippen molar-refractivity contribution in [1.29, 1.82) is 0 Å². The summed E-state index contributed by atoms with van der Waals surface area (Å²) in [6.07, 6.45) is 12.1. The van der Waals surface area contributed by atoms with Gasteiger partial charge in [0.25, 0.3) is 11.8 Å². The van der Waals surface area contributed by atoms with Gasteiger partial charge in [0, 0.05) is 23.9 Å². The highest BCUT2D eigenvalue weighted by Gasteiger charge is 2.27. The summed E-state index contributed by atoms with van der Waals surface area (Å²) in [6.45, 7) is 0.367. The Hall–Kier alpha value is -3.23. The summed E-state index contributed by atoms with van der Waals surface area (Å²) in [5.41, 5.74) is 3.18. The van der Waals surface area contributed by atoms with Crippen LogP contribution in [0.15, 0.2) is 59.6 Å². The molecule has 8 heteroatoms. The van der Waals surface area contributed by atoms with Gasteiger partial charge in [0.05, 0.1) is 10.5 Å². The van der Waals surface area contributed by atoms with Crippen molar-refractivity contribution in [3.63, 3.8) is 0 Å². The second kappa shape index (κ2) is 9.72. The van der Waals surface area contributed by atoms with Crippen LogP contribution in [0.1, 0.15) is 59.2 Å². The largest absolute Gasteiger partial charge is 0.386 e. The van der Waals surface area contributed by atoms with Gasteiger partial charge in [-0.2, -0.15) is 0 Å². The lowest BCUT2D eigenvalue weighted by atomic mass is 9.88. The van der Waals surface area contributed by atoms with Crippen molar-refractivity contribution in [2.24, 2.45) is 11.1 Å². The second-order valence-corrected chi connectivity index (χ2v) is 10.0. The molecule has 2 amide bonds. The van der Waals surface area contributed by atoms with Gasteiger partial charge in [-0.25, -0.2) is 13.6 Å². The summed E-state index contributed by atoms with van der Waals surface area (Å²) in [4.78, 5) is 24.9. The molecule has 1 heterocycles. The molecule has 0 radical (unpaired) electrons. The molecule has 0 unspecified atom stereocenters. The van der Waals surface area contributed by atoms with E-state index >= 15 is 0 Å². The topological polar surface area (TPSA) is 118 Å². The maximum absolute atomic E-state index is 12.5. The summed E-state index contributed by atoms with van der Waals surface area (Å²) < 4.78 is 22.8. The molecule has 0 spiro atoms. The standard InChI is InChI=1S/C25H27N3O4S/c26-33(31,32)20-11-8-19(9-12-20)15-27-16-23-22-14-18(7-6-17-4-2-1-3-5-17)10-13-21(22)24(29)28-25(23)30/h6-14,16-17,27H,1-5,15H2,(H2,26,31,32)(H,28,29,30). The first-order chi connectivity index (χ1) is 15.8. The molecule has 0 bridgehead atoms. The zero-order valence-corrected chi connectivity index (χ0v) is 19.0. The number of carbonyl (C=O) groups is 2. The van der Waals surface area contributed by atoms with E-state index in [4.69, 9.17) is 5.14 Å². The van der Waals surface area contributed by atoms with E-state index in [-0.39, 0.29) is 4.90 Å². The molecule has 0 saturated heterocycles. The first kappa shape index (κ1) is 22.9. The van der Waals surface area contributed by atoms with E-state index < -0.39 is 21.8 Å². The number of hydrogen-bond donors (Lipinski definition) is 3. The van der Waals surface area contributed by atoms with Crippen molar-refractivity contribution in [3.8, 4) is 0 Å². The fraction of sp³-hybridized carbons (Fsp3) is 0.280. The molecular weight excluding hydrogens is 438 g/mol. The number of amides is 2. The van der Waals surface area contributed by atoms with Gasteiger partial charge < -0.3 is 5.32 Å². The highest BCUT2D eigenvalue weighted by molar-refractivity contribution is 7.89. The summed E-state index contributed by atoms with van der Waals surface area (Å²) in [5.74, 6) is -0.288. The average Bonchev–Trinajstić information content (AvgIpc) is 2.80. The number of hydrogen-bond acceptors (Lipinski definition) is 5. The van der Waals surface area contributed by atoms with Gasteiger partial charge in [-0.3, -0.25) is 14.9 Å². The quantitative estimate of drug-likeness (QED) is 0.447. The highest BCUT2D eigenvalue weighted by Crippen LogP contribution is 2.28. The van der Waals surface area contributed by atoms with E-state index in [0.29, 0.717) is 29.2 Å². The minimum Gasteiger partial charge on any atom is -0.386 e. The van der Waals surface area contributed by atoms with Crippen LogP contribution in [0.5, 0.6) is 0 Å². The number of sulfonamides is 1. The van der Waals surface area contributed by atoms with Crippen molar-refractivity contribution in [1.82, 2.24) is 10.6 Å². The summed E-state index contributed by atoms with van der Waals surface area (Å²) in [5, 5.41) is 10.6. The van der Waals surface area contributed by atoms with Crippen LogP contribution in [0.25, 0.3) is 11.6 Å². The Balaban J connectivity index is 1.53. The van der Waals surface area contributed by atoms with E-state index in [2.05, 4.69) is 22.8 Å². The molecule has 0 aromatic heterocycles. The molecule has 2 aromatic rings. The fourth-order valence-corrected chi connectivity index (χ4v) is 4.75. The van der Waals surface area contributed by atoms with E-state index in [9.17, 15) is 18.0 Å². The Kier molecular flexibility index (Phi) is 6.76. The lowest BCUT2D eigenvalue weighted by Gasteiger charge is -2.20. The van der Waals surface area contributed by atoms with Gasteiger partial charge in [-0.1, -0.05) is 49.6 Å². The monoisotopic (exact) mass is 465 g/mol. The Labute approximate surface area is 193 Å². The molecule has 2 aliphatic rings. The molecular formula is C25H27N3O4S. The number of primary sulfonamides is 1. The van der Waals surface area contributed by atoms with Crippen LogP contribution in [0.4, 0.5) is 0 Å². The molecule has 1 aliphatic heterocycles. The van der Waals surface area contributed by atoms with Crippen molar-refractivity contribution in [3.05, 3.63) is 77.0 Å². The number of nitrogens with two attached hydrogens (primary N) is 1. The normalized spacial score (nSPS) is 18.4. The average molecular weight is 466 g/mol. The molecule has 2 aromatic carbocycles. The van der Waals surface area contributed by atoms with Crippen LogP contribution in [-0.2, 0) is 21.4 Å². The SMILES string of the molecule is NS(=O)(=O)c1ccc(CNC=C2C(=O)NC(=O)c3ccc(C=CC4CCCCC4)cc32)cc1. The lowest BCUT2D eigenvalue weighted by Crippen LogP contribution is -2.37. The fourth-order valence-electron chi connectivity index (χ4n) is 4.23. The predicted octanol–water partition coefficient (Wildman–Crippen LogP) is 3.33. The second-order valence-electron chi connectivity index (χ2n) is 8.47. The van der Waals surface area contributed by atoms with Crippen LogP contribution in [-0.4, -0.2) is 20.2 Å². The van der Waals surface area contributed by atoms with Crippen LogP contribution in [0, 0.1) is 5.92 Å². The predicted molar refractivity (Wildman–Crippen MR) is 127 cm³/mol. The first-order valence-corrected chi connectivity index (χ1v) is 12.6. The maximum atomic E-state index is 12.5. The summed E-state index contributed by atoms with van der Waals surface area (Å²) in [7, 11) is -3.74. The van der Waals surface area contributed by atoms with E-state index in [1.54, 1.807) is 24.4 Å². The van der Waals surface area contributed by atoms with Crippen molar-refractivity contribution in [2.75, 3.05) is 0 Å². The van der Waals surface area contributed by atoms with Crippen molar-refractivity contribution >= 4 is 33.5 Å². The number of rotatable bonds is 6. The van der Waals surface area contributed by atoms with Gasteiger partial charge in [0.15, 0.2) is 0 Å². The Morgan fingerprint density at radius 1 is 0.970 bits per heavy atom. The summed E-state index contributed by atoms with van der Waals surface area (Å²) in [6, 6.07) is 11.7. The third-order valence-electron chi connectivity index (χ3n) is 6.07. The third kappa shape index (κ3) is 5.58. The molecule has 4 N–H and O–H groups in total. The number of imide groups is 1. The molecule has 0 atom stereocenters. The number of nitrogens with one attached hydrogen (secondary N) is 2. The zero-order chi connectivity index (χ0) is 23.4. The molecule has 172 valence electrons. The van der Waals surface area contributed by atoms with E-state index in [1.807, 2.05) is 12.1 Å². The van der Waals surface area contributed by atoms with Crippen LogP contribution in [0.3, 0.4) is 0 Å². The molecule has 33 heavy (non-hydrogen) atoms. The number of carbonyl (C=O) groups excluding carboxylic acids is 2. The van der Waals surface area contributed by atoms with Gasteiger partial charge in [-0.15, -0.1) is 0 Å². The van der Waals surface area contributed by atoms with Gasteiger partial charge >= 0.3 is 0 Å². The minimum atomic E-state index is -3.74. The molecule has 1 saturated carbocycles. The maximum Gasteiger partial charge on any atom is 0.260 e. The first-order valence-electron chi connectivity index (χ1n) is 11.0. The van der Waals surface area contributed by atoms with Gasteiger partial charge in [0.1, 0.15) is 0 Å². The van der Waals surface area contributed by atoms with Crippen molar-refractivity contribution in [2.45, 2.75) is 43.5 Å². The number of fused-ring (bicyclic) bond motifs is 1. The van der Waals surface area contributed by atoms with Crippen LogP contribution < -0.4 is 15.8 Å². The smallest absolute Gasteiger partial charge is 0.260 e. The Morgan fingerprint density at radius 3 is 2.39 bits per heavy atom. The zero-order valence-electron chi connectivity index (χ0n) is 18.2. The van der Waals surface area contributed by atoms with Crippen LogP contribution in [0.2, 0.25) is 0 Å². The number of allylic oxidation sites excluding steroid dienone is 1. The lowest BCUT2D eigenvalue weighted by molar-refractivity contribution is -0.114. The molecule has 7 nitrogen and oxygen atoms in total. The Bertz CT molecular complexity index is 1220. The van der Waals surface area contributed by atoms with Gasteiger partial charge in [0.2, 0.25) is 10.0 Å². The molecule has 1 fully saturated rings. The molecule has 4 rings (SSSR count). The van der Waals surface area contributed by atoms with E-state index in [0.717, 1.165) is 11.1 Å².